The largest absolute Gasteiger partial charge is 0.480 e. The van der Waals surface area contributed by atoms with E-state index in [1.54, 1.807) is 0 Å². The summed E-state index contributed by atoms with van der Waals surface area (Å²) in [4.78, 5) is 22.5. The molecule has 1 aliphatic heterocycles. The number of aliphatic carboxylic acids is 1. The molecule has 0 radical (unpaired) electrons. The number of piperidine rings is 1. The summed E-state index contributed by atoms with van der Waals surface area (Å²) < 4.78 is 32.5. The molecule has 120 valence electrons. The number of esters is 1. The first-order valence-corrected chi connectivity index (χ1v) is 8.37. The molecule has 0 aromatic rings. The summed E-state index contributed by atoms with van der Waals surface area (Å²) in [6.07, 6.45) is 2.22. The van der Waals surface area contributed by atoms with Gasteiger partial charge in [0.1, 0.15) is 6.04 Å². The van der Waals surface area contributed by atoms with Gasteiger partial charge in [-0.15, -0.1) is 0 Å². The van der Waals surface area contributed by atoms with E-state index < -0.39 is 22.2 Å². The Balaban J connectivity index is 1.94. The van der Waals surface area contributed by atoms with Crippen molar-refractivity contribution < 1.29 is 27.9 Å². The third-order valence-electron chi connectivity index (χ3n) is 3.96. The van der Waals surface area contributed by atoms with Crippen LogP contribution in [0.5, 0.6) is 0 Å². The maximum absolute atomic E-state index is 12.2. The zero-order chi connectivity index (χ0) is 15.6. The van der Waals surface area contributed by atoms with Crippen molar-refractivity contribution in [3.8, 4) is 0 Å². The number of hydrogen-bond donors (Lipinski definition) is 2. The molecular weight excluding hydrogens is 300 g/mol. The van der Waals surface area contributed by atoms with E-state index in [9.17, 15) is 18.0 Å². The van der Waals surface area contributed by atoms with E-state index in [1.807, 2.05) is 0 Å². The van der Waals surface area contributed by atoms with E-state index >= 15 is 0 Å². The van der Waals surface area contributed by atoms with Crippen molar-refractivity contribution in [1.82, 2.24) is 9.03 Å². The molecule has 1 aliphatic carbocycles. The van der Waals surface area contributed by atoms with E-state index in [-0.39, 0.29) is 30.9 Å². The number of carbonyl (C=O) groups excluding carboxylic acids is 1. The number of nitrogens with one attached hydrogen (secondary N) is 1. The van der Waals surface area contributed by atoms with Crippen molar-refractivity contribution >= 4 is 22.1 Å². The Kier molecular flexibility index (Phi) is 4.84. The number of carboxylic acid groups (broad SMARTS) is 1. The van der Waals surface area contributed by atoms with E-state index in [4.69, 9.17) is 5.11 Å². The third-order valence-corrected chi connectivity index (χ3v) is 5.56. The topological polar surface area (TPSA) is 113 Å². The fraction of sp³-hybridized carbons (Fsp3) is 0.833. The Morgan fingerprint density at radius 3 is 2.24 bits per heavy atom. The number of hydrogen-bond acceptors (Lipinski definition) is 5. The van der Waals surface area contributed by atoms with Gasteiger partial charge in [0.2, 0.25) is 0 Å². The van der Waals surface area contributed by atoms with Crippen molar-refractivity contribution in [1.29, 1.82) is 0 Å². The maximum Gasteiger partial charge on any atom is 0.322 e. The summed E-state index contributed by atoms with van der Waals surface area (Å²) in [5.74, 6) is -1.89. The molecule has 1 unspecified atom stereocenters. The average molecular weight is 320 g/mol. The van der Waals surface area contributed by atoms with Gasteiger partial charge in [0.15, 0.2) is 0 Å². The maximum atomic E-state index is 12.2. The van der Waals surface area contributed by atoms with Crippen molar-refractivity contribution in [3.05, 3.63) is 0 Å². The van der Waals surface area contributed by atoms with Crippen molar-refractivity contribution in [2.75, 3.05) is 20.2 Å². The minimum atomic E-state index is -3.84. The molecule has 21 heavy (non-hydrogen) atoms. The predicted octanol–water partition coefficient (Wildman–Crippen LogP) is -0.431. The van der Waals surface area contributed by atoms with Crippen LogP contribution in [0.4, 0.5) is 0 Å². The van der Waals surface area contributed by atoms with Crippen LogP contribution in [0.15, 0.2) is 0 Å². The number of methoxy groups -OCH3 is 1. The quantitative estimate of drug-likeness (QED) is 0.642. The SMILES string of the molecule is COC(=O)C1CCN(S(=O)(=O)NC(C(=O)O)C2CC2)CC1. The average Bonchev–Trinajstić information content (AvgIpc) is 3.28. The van der Waals surface area contributed by atoms with E-state index in [0.29, 0.717) is 12.8 Å². The minimum Gasteiger partial charge on any atom is -0.480 e. The Bertz CT molecular complexity index is 508. The van der Waals surface area contributed by atoms with Gasteiger partial charge in [0.25, 0.3) is 10.2 Å². The van der Waals surface area contributed by atoms with E-state index in [1.165, 1.54) is 11.4 Å². The highest BCUT2D eigenvalue weighted by Gasteiger charge is 2.41. The molecule has 1 atom stereocenters. The van der Waals surface area contributed by atoms with Crippen LogP contribution in [0.2, 0.25) is 0 Å². The molecule has 2 fully saturated rings. The number of carbonyl (C=O) groups is 2. The highest BCUT2D eigenvalue weighted by atomic mass is 32.2. The van der Waals surface area contributed by atoms with Gasteiger partial charge >= 0.3 is 11.9 Å². The number of ether oxygens (including phenoxy) is 1. The van der Waals surface area contributed by atoms with Crippen LogP contribution in [0, 0.1) is 11.8 Å². The fourth-order valence-electron chi connectivity index (χ4n) is 2.51. The number of nitrogens with zero attached hydrogens (tertiary/aromatic N) is 1. The highest BCUT2D eigenvalue weighted by Crippen LogP contribution is 2.33. The molecule has 1 heterocycles. The molecule has 8 nitrogen and oxygen atoms in total. The van der Waals surface area contributed by atoms with Crippen LogP contribution in [0.3, 0.4) is 0 Å². The molecule has 9 heteroatoms. The van der Waals surface area contributed by atoms with Crippen molar-refractivity contribution in [2.45, 2.75) is 31.7 Å². The van der Waals surface area contributed by atoms with Gasteiger partial charge in [-0.2, -0.15) is 17.4 Å². The zero-order valence-corrected chi connectivity index (χ0v) is 12.6. The lowest BCUT2D eigenvalue weighted by atomic mass is 9.99. The lowest BCUT2D eigenvalue weighted by Crippen LogP contribution is -2.51. The third kappa shape index (κ3) is 3.92. The Hall–Kier alpha value is -1.19. The second-order valence-electron chi connectivity index (χ2n) is 5.47. The molecule has 1 saturated carbocycles. The second-order valence-corrected chi connectivity index (χ2v) is 7.17. The first-order valence-electron chi connectivity index (χ1n) is 6.93. The molecule has 2 rings (SSSR count). The van der Waals surface area contributed by atoms with Gasteiger partial charge in [-0.05, 0) is 31.6 Å². The van der Waals surface area contributed by atoms with Gasteiger partial charge in [-0.25, -0.2) is 0 Å². The van der Waals surface area contributed by atoms with Crippen LogP contribution in [-0.4, -0.2) is 56.0 Å². The number of carboxylic acids is 1. The minimum absolute atomic E-state index is 0.120. The summed E-state index contributed by atoms with van der Waals surface area (Å²) in [5, 5.41) is 9.09. The monoisotopic (exact) mass is 320 g/mol. The second kappa shape index (κ2) is 6.29. The summed E-state index contributed by atoms with van der Waals surface area (Å²) in [5.41, 5.74) is 0. The molecule has 0 spiro atoms. The lowest BCUT2D eigenvalue weighted by Gasteiger charge is -2.30. The van der Waals surface area contributed by atoms with Crippen molar-refractivity contribution in [3.63, 3.8) is 0 Å². The van der Waals surface area contributed by atoms with Gasteiger partial charge in [0, 0.05) is 13.1 Å². The van der Waals surface area contributed by atoms with Crippen LogP contribution in [0.25, 0.3) is 0 Å². The molecule has 1 saturated heterocycles. The van der Waals surface area contributed by atoms with Gasteiger partial charge < -0.3 is 9.84 Å². The van der Waals surface area contributed by atoms with Gasteiger partial charge in [0.05, 0.1) is 13.0 Å². The molecule has 0 aromatic heterocycles. The van der Waals surface area contributed by atoms with E-state index in [2.05, 4.69) is 9.46 Å². The Morgan fingerprint density at radius 1 is 1.24 bits per heavy atom. The van der Waals surface area contributed by atoms with Crippen LogP contribution in [-0.2, 0) is 24.5 Å². The van der Waals surface area contributed by atoms with Crippen molar-refractivity contribution in [2.24, 2.45) is 11.8 Å². The lowest BCUT2D eigenvalue weighted by molar-refractivity contribution is -0.146. The number of rotatable bonds is 6. The molecule has 0 amide bonds. The van der Waals surface area contributed by atoms with Crippen LogP contribution >= 0.6 is 0 Å². The van der Waals surface area contributed by atoms with Crippen LogP contribution < -0.4 is 4.72 Å². The fourth-order valence-corrected chi connectivity index (χ4v) is 3.97. The van der Waals surface area contributed by atoms with E-state index in [0.717, 1.165) is 12.8 Å². The molecule has 0 bridgehead atoms. The zero-order valence-electron chi connectivity index (χ0n) is 11.8. The summed E-state index contributed by atoms with van der Waals surface area (Å²) in [6, 6.07) is -1.06. The molecular formula is C12H20N2O6S. The molecule has 2 aliphatic rings. The summed E-state index contributed by atoms with van der Waals surface area (Å²) in [6.45, 7) is 0.373. The molecule has 0 aromatic carbocycles. The van der Waals surface area contributed by atoms with Crippen LogP contribution in [0.1, 0.15) is 25.7 Å². The Labute approximate surface area is 123 Å². The smallest absolute Gasteiger partial charge is 0.322 e. The highest BCUT2D eigenvalue weighted by molar-refractivity contribution is 7.87. The Morgan fingerprint density at radius 2 is 1.81 bits per heavy atom. The predicted molar refractivity (Wildman–Crippen MR) is 72.5 cm³/mol. The summed E-state index contributed by atoms with van der Waals surface area (Å²) >= 11 is 0. The normalized spacial score (nSPS) is 22.7. The van der Waals surface area contributed by atoms with Gasteiger partial charge in [-0.3, -0.25) is 9.59 Å². The first kappa shape index (κ1) is 16.2. The standard InChI is InChI=1S/C12H20N2O6S/c1-20-12(17)9-4-6-14(7-5-9)21(18,19)13-10(11(15)16)8-2-3-8/h8-10,13H,2-7H2,1H3,(H,15,16). The summed E-state index contributed by atoms with van der Waals surface area (Å²) in [7, 11) is -2.53. The molecule has 2 N–H and O–H groups in total. The van der Waals surface area contributed by atoms with Gasteiger partial charge in [-0.1, -0.05) is 0 Å². The first-order chi connectivity index (χ1) is 9.85.